The lowest BCUT2D eigenvalue weighted by atomic mass is 9.46. The van der Waals surface area contributed by atoms with E-state index in [1.165, 1.54) is 0 Å². The maximum absolute atomic E-state index is 14.6. The SMILES string of the molecule is CCCC1O[C@@H]2C[C@H]3C4CCC5=CC(=O)C=C[C@]5(C)[C@H]4[C@@H](O)CC3(C)[C@]2(C(=O)COC(Cc2ccccc2)NC(=O)CN)O1. The van der Waals surface area contributed by atoms with Gasteiger partial charge in [0.2, 0.25) is 5.91 Å². The fraction of sp³-hybridized carbons (Fsp3) is 0.629. The van der Waals surface area contributed by atoms with Crippen LogP contribution in [0.3, 0.4) is 0 Å². The van der Waals surface area contributed by atoms with Crippen LogP contribution in [0.15, 0.2) is 54.1 Å². The molecule has 1 aromatic carbocycles. The number of fused-ring (bicyclic) bond motifs is 7. The molecule has 1 heterocycles. The van der Waals surface area contributed by atoms with E-state index < -0.39 is 41.2 Å². The van der Waals surface area contributed by atoms with E-state index in [1.807, 2.05) is 36.4 Å². The highest BCUT2D eigenvalue weighted by Crippen LogP contribution is 2.69. The van der Waals surface area contributed by atoms with Crippen LogP contribution in [0, 0.1) is 28.6 Å². The van der Waals surface area contributed by atoms with E-state index in [9.17, 15) is 19.5 Å². The molecule has 1 saturated heterocycles. The minimum atomic E-state index is -1.28. The van der Waals surface area contributed by atoms with Crippen molar-refractivity contribution < 1.29 is 33.7 Å². The van der Waals surface area contributed by atoms with Crippen molar-refractivity contribution in [1.82, 2.24) is 5.32 Å². The maximum atomic E-state index is 14.6. The van der Waals surface area contributed by atoms with Crippen LogP contribution >= 0.6 is 0 Å². The summed E-state index contributed by atoms with van der Waals surface area (Å²) >= 11 is 0. The lowest BCUT2D eigenvalue weighted by Crippen LogP contribution is -2.63. The van der Waals surface area contributed by atoms with Crippen molar-refractivity contribution in [2.45, 2.75) is 96.0 Å². The predicted molar refractivity (Wildman–Crippen MR) is 163 cm³/mol. The Labute approximate surface area is 259 Å². The second-order valence-electron chi connectivity index (χ2n) is 13.8. The average molecular weight is 607 g/mol. The molecule has 1 amide bonds. The maximum Gasteiger partial charge on any atom is 0.235 e. The van der Waals surface area contributed by atoms with Crippen LogP contribution in [0.4, 0.5) is 0 Å². The van der Waals surface area contributed by atoms with Gasteiger partial charge in [0.05, 0.1) is 18.8 Å². The molecule has 1 aliphatic heterocycles. The number of aliphatic hydroxyl groups excluding tert-OH is 1. The summed E-state index contributed by atoms with van der Waals surface area (Å²) in [6, 6.07) is 9.62. The predicted octanol–water partition coefficient (Wildman–Crippen LogP) is 3.38. The number of rotatable bonds is 10. The number of allylic oxidation sites excluding steroid dienone is 4. The quantitative estimate of drug-likeness (QED) is 0.345. The molecule has 0 radical (unpaired) electrons. The van der Waals surface area contributed by atoms with E-state index in [-0.39, 0.29) is 48.4 Å². The minimum absolute atomic E-state index is 0.00278. The van der Waals surface area contributed by atoms with Gasteiger partial charge >= 0.3 is 0 Å². The van der Waals surface area contributed by atoms with Crippen molar-refractivity contribution in [3.05, 3.63) is 59.7 Å². The van der Waals surface area contributed by atoms with Gasteiger partial charge in [-0.25, -0.2) is 0 Å². The van der Waals surface area contributed by atoms with Crippen LogP contribution in [0.25, 0.3) is 0 Å². The summed E-state index contributed by atoms with van der Waals surface area (Å²) in [4.78, 5) is 39.0. The second-order valence-corrected chi connectivity index (χ2v) is 13.8. The van der Waals surface area contributed by atoms with E-state index >= 15 is 0 Å². The summed E-state index contributed by atoms with van der Waals surface area (Å²) < 4.78 is 19.4. The lowest BCUT2D eigenvalue weighted by Gasteiger charge is -2.59. The van der Waals surface area contributed by atoms with E-state index in [0.717, 1.165) is 30.4 Å². The molecular weight excluding hydrogens is 560 g/mol. The molecule has 9 nitrogen and oxygen atoms in total. The number of hydrogen-bond acceptors (Lipinski definition) is 8. The second kappa shape index (κ2) is 11.9. The topological polar surface area (TPSA) is 137 Å². The Hall–Kier alpha value is -2.69. The Morgan fingerprint density at radius 1 is 1.23 bits per heavy atom. The highest BCUT2D eigenvalue weighted by molar-refractivity contribution is 6.01. The third kappa shape index (κ3) is 5.01. The molecule has 0 bridgehead atoms. The standard InChI is InChI=1S/C35H46N2O7/c1-4-8-31-43-28-17-25-24-12-11-22-16-23(38)13-14-33(22,2)32(24)26(39)18-34(25,3)35(28,44-31)27(40)20-42-30(37-29(41)19-36)15-21-9-6-5-7-10-21/h5-7,9-10,13-14,16,24-26,28,30-32,39H,4,8,11-12,15,17-20,36H2,1-3H3,(H,37,41)/t24?,25-,26-,28+,30?,31?,32+,33-,34?,35+/m0/s1. The molecule has 4 fully saturated rings. The zero-order chi connectivity index (χ0) is 31.3. The van der Waals surface area contributed by atoms with E-state index in [0.29, 0.717) is 25.7 Å². The van der Waals surface area contributed by atoms with E-state index in [1.54, 1.807) is 12.2 Å². The lowest BCUT2D eigenvalue weighted by molar-refractivity contribution is -0.202. The largest absolute Gasteiger partial charge is 0.393 e. The van der Waals surface area contributed by atoms with Gasteiger partial charge in [-0.1, -0.05) is 69.2 Å². The van der Waals surface area contributed by atoms with Crippen LogP contribution in [-0.2, 0) is 35.0 Å². The number of Topliss-reactive ketones (excluding diaryl/α,β-unsaturated/α-hetero) is 1. The minimum Gasteiger partial charge on any atom is -0.393 e. The summed E-state index contributed by atoms with van der Waals surface area (Å²) in [7, 11) is 0. The van der Waals surface area contributed by atoms with E-state index in [4.69, 9.17) is 19.9 Å². The number of amides is 1. The number of nitrogens with one attached hydrogen (secondary N) is 1. The first-order valence-corrected chi connectivity index (χ1v) is 16.2. The van der Waals surface area contributed by atoms with Crippen LogP contribution in [0.1, 0.15) is 64.9 Å². The zero-order valence-corrected chi connectivity index (χ0v) is 26.0. The number of benzene rings is 1. The van der Waals surface area contributed by atoms with Gasteiger partial charge in [0.25, 0.3) is 0 Å². The van der Waals surface area contributed by atoms with Crippen molar-refractivity contribution in [2.24, 2.45) is 34.3 Å². The highest BCUT2D eigenvalue weighted by Gasteiger charge is 2.75. The van der Waals surface area contributed by atoms with E-state index in [2.05, 4.69) is 26.1 Å². The van der Waals surface area contributed by atoms with Gasteiger partial charge in [-0.3, -0.25) is 14.4 Å². The monoisotopic (exact) mass is 606 g/mol. The van der Waals surface area contributed by atoms with Gasteiger partial charge in [0, 0.05) is 23.2 Å². The zero-order valence-electron chi connectivity index (χ0n) is 26.0. The number of hydrogen-bond donors (Lipinski definition) is 3. The summed E-state index contributed by atoms with van der Waals surface area (Å²) in [5.41, 5.74) is 5.23. The van der Waals surface area contributed by atoms with Gasteiger partial charge in [-0.05, 0) is 61.7 Å². The number of ketones is 2. The van der Waals surface area contributed by atoms with Crippen LogP contribution in [0.5, 0.6) is 0 Å². The Morgan fingerprint density at radius 2 is 2.00 bits per heavy atom. The van der Waals surface area contributed by atoms with Gasteiger partial charge in [-0.15, -0.1) is 0 Å². The summed E-state index contributed by atoms with van der Waals surface area (Å²) in [5, 5.41) is 14.7. The smallest absolute Gasteiger partial charge is 0.235 e. The number of nitrogens with two attached hydrogens (primary N) is 1. The van der Waals surface area contributed by atoms with Crippen molar-refractivity contribution in [2.75, 3.05) is 13.2 Å². The molecular formula is C35H46N2O7. The summed E-state index contributed by atoms with van der Waals surface area (Å²) in [5.74, 6) is -0.448. The molecule has 0 aromatic heterocycles. The number of carbonyl (C=O) groups excluding carboxylic acids is 3. The molecule has 1 aromatic rings. The molecule has 238 valence electrons. The number of aliphatic hydroxyl groups is 1. The van der Waals surface area contributed by atoms with Gasteiger partial charge in [0.1, 0.15) is 12.8 Å². The molecule has 44 heavy (non-hydrogen) atoms. The van der Waals surface area contributed by atoms with Gasteiger partial charge in [-0.2, -0.15) is 0 Å². The fourth-order valence-electron chi connectivity index (χ4n) is 9.51. The van der Waals surface area contributed by atoms with Gasteiger partial charge in [0.15, 0.2) is 23.5 Å². The molecule has 4 N–H and O–H groups in total. The summed E-state index contributed by atoms with van der Waals surface area (Å²) in [6.45, 7) is 5.83. The van der Waals surface area contributed by atoms with Crippen molar-refractivity contribution in [3.8, 4) is 0 Å². The Balaban J connectivity index is 1.29. The summed E-state index contributed by atoms with van der Waals surface area (Å²) in [6.07, 6.45) is 7.49. The molecule has 4 aliphatic carbocycles. The fourth-order valence-corrected chi connectivity index (χ4v) is 9.51. The molecule has 4 unspecified atom stereocenters. The Bertz CT molecular complexity index is 1350. The Morgan fingerprint density at radius 3 is 2.73 bits per heavy atom. The molecule has 9 heteroatoms. The normalized spacial score (nSPS) is 39.5. The number of carbonyl (C=O) groups is 3. The Kier molecular flexibility index (Phi) is 8.47. The van der Waals surface area contributed by atoms with Crippen molar-refractivity contribution in [1.29, 1.82) is 0 Å². The molecule has 6 rings (SSSR count). The van der Waals surface area contributed by atoms with Crippen LogP contribution in [-0.4, -0.2) is 66.1 Å². The average Bonchev–Trinajstić information content (AvgIpc) is 3.48. The van der Waals surface area contributed by atoms with Crippen molar-refractivity contribution >= 4 is 17.5 Å². The highest BCUT2D eigenvalue weighted by atomic mass is 16.7. The van der Waals surface area contributed by atoms with Gasteiger partial charge < -0.3 is 30.4 Å². The molecule has 3 saturated carbocycles. The molecule has 0 spiro atoms. The number of ether oxygens (including phenoxy) is 3. The van der Waals surface area contributed by atoms with Crippen LogP contribution in [0.2, 0.25) is 0 Å². The molecule has 5 aliphatic rings. The first-order valence-electron chi connectivity index (χ1n) is 16.2. The third-order valence-corrected chi connectivity index (χ3v) is 11.4. The first kappa shape index (κ1) is 31.3. The first-order chi connectivity index (χ1) is 21.1. The third-order valence-electron chi connectivity index (χ3n) is 11.4. The molecule has 10 atom stereocenters. The van der Waals surface area contributed by atoms with Crippen molar-refractivity contribution in [3.63, 3.8) is 0 Å². The van der Waals surface area contributed by atoms with Crippen LogP contribution < -0.4 is 11.1 Å².